The van der Waals surface area contributed by atoms with Gasteiger partial charge in [0.1, 0.15) is 0 Å². The van der Waals surface area contributed by atoms with Crippen molar-refractivity contribution in [2.75, 3.05) is 13.2 Å². The molecular weight excluding hydrogens is 947 g/mol. The lowest BCUT2D eigenvalue weighted by Crippen LogP contribution is -2.45. The molecule has 0 spiro atoms. The molecule has 452 valence electrons. The molecule has 0 aliphatic carbocycles. The summed E-state index contributed by atoms with van der Waals surface area (Å²) in [6.45, 7) is 4.93. The molecule has 3 N–H and O–H groups in total. The summed E-state index contributed by atoms with van der Waals surface area (Å²) in [6.07, 6.45) is 85.8. The second kappa shape index (κ2) is 66.3. The quantitative estimate of drug-likeness (QED) is 0.0320. The molecule has 6 nitrogen and oxygen atoms in total. The summed E-state index contributed by atoms with van der Waals surface area (Å²) in [7, 11) is 0. The Balaban J connectivity index is 3.39. The molecule has 2 atom stereocenters. The van der Waals surface area contributed by atoms with E-state index in [4.69, 9.17) is 4.74 Å². The van der Waals surface area contributed by atoms with Gasteiger partial charge in [-0.3, -0.25) is 9.59 Å². The number of hydrogen-bond donors (Lipinski definition) is 3. The molecule has 2 unspecified atom stereocenters. The Bertz CT molecular complexity index is 1290. The molecule has 0 bridgehead atoms. The van der Waals surface area contributed by atoms with Crippen molar-refractivity contribution in [1.29, 1.82) is 0 Å². The van der Waals surface area contributed by atoms with E-state index in [0.29, 0.717) is 25.9 Å². The summed E-state index contributed by atoms with van der Waals surface area (Å²) in [6, 6.07) is -0.541. The minimum Gasteiger partial charge on any atom is -0.466 e. The number of carbonyl (C=O) groups is 2. The average Bonchev–Trinajstić information content (AvgIpc) is 3.43. The van der Waals surface area contributed by atoms with Crippen LogP contribution in [0.3, 0.4) is 0 Å². The number of allylic oxidation sites excluding steroid dienone is 8. The molecule has 77 heavy (non-hydrogen) atoms. The molecule has 0 aromatic rings. The van der Waals surface area contributed by atoms with Gasteiger partial charge >= 0.3 is 5.97 Å². The molecule has 6 heteroatoms. The Labute approximate surface area is 480 Å². The number of hydrogen-bond acceptors (Lipinski definition) is 5. The van der Waals surface area contributed by atoms with Gasteiger partial charge in [0.05, 0.1) is 25.4 Å². The van der Waals surface area contributed by atoms with E-state index in [1.807, 2.05) is 0 Å². The van der Waals surface area contributed by atoms with Crippen molar-refractivity contribution < 1.29 is 24.5 Å². The summed E-state index contributed by atoms with van der Waals surface area (Å²) < 4.78 is 5.48. The van der Waals surface area contributed by atoms with Crippen LogP contribution < -0.4 is 5.32 Å². The minimum atomic E-state index is -0.664. The zero-order chi connectivity index (χ0) is 55.7. The first-order valence-electron chi connectivity index (χ1n) is 34.4. The van der Waals surface area contributed by atoms with Crippen molar-refractivity contribution in [3.63, 3.8) is 0 Å². The van der Waals surface area contributed by atoms with E-state index in [-0.39, 0.29) is 18.5 Å². The van der Waals surface area contributed by atoms with Crippen molar-refractivity contribution in [1.82, 2.24) is 5.32 Å². The van der Waals surface area contributed by atoms with Crippen LogP contribution in [0.2, 0.25) is 0 Å². The number of ether oxygens (including phenoxy) is 1. The highest BCUT2D eigenvalue weighted by molar-refractivity contribution is 5.76. The number of amides is 1. The Kier molecular flexibility index (Phi) is 64.5. The SMILES string of the molecule is CCCCC/C=C\C/C=C\CCCCCCCC(=O)OCCCCCCCCCCC/C=C\C/C=C\CCCCCCCCCCCCCCCCCC(=O)NC(CO)C(O)CCCCCCCCCCCCCCCC. The number of unbranched alkanes of at least 4 members (excludes halogenated alkanes) is 45. The van der Waals surface area contributed by atoms with Gasteiger partial charge in [0.2, 0.25) is 5.91 Å². The number of nitrogens with one attached hydrogen (secondary N) is 1. The van der Waals surface area contributed by atoms with Gasteiger partial charge in [0.25, 0.3) is 0 Å². The Morgan fingerprint density at radius 1 is 0.364 bits per heavy atom. The third-order valence-corrected chi connectivity index (χ3v) is 15.9. The van der Waals surface area contributed by atoms with Crippen LogP contribution in [0.5, 0.6) is 0 Å². The van der Waals surface area contributed by atoms with Crippen LogP contribution in [0.4, 0.5) is 0 Å². The van der Waals surface area contributed by atoms with Crippen LogP contribution >= 0.6 is 0 Å². The highest BCUT2D eigenvalue weighted by Crippen LogP contribution is 2.18. The van der Waals surface area contributed by atoms with E-state index in [1.54, 1.807) is 0 Å². The van der Waals surface area contributed by atoms with Crippen molar-refractivity contribution >= 4 is 11.9 Å². The Morgan fingerprint density at radius 2 is 0.649 bits per heavy atom. The standard InChI is InChI=1S/C71H133NO5/c1-3-5-7-9-11-13-15-17-36-41-45-49-53-57-61-65-71(76)77-66-62-58-54-50-46-42-38-35-33-31-29-27-25-23-21-19-20-22-24-26-28-30-32-34-37-40-44-48-52-56-60-64-70(75)72-68(67-73)69(74)63-59-55-51-47-43-39-18-16-14-12-10-8-6-4-2/h11,13,17,21,23,27,29,36,68-69,73-74H,3-10,12,14-16,18-20,22,24-26,28,30-35,37-67H2,1-2H3,(H,72,75)/b13-11-,23-21-,29-27-,36-17-. The van der Waals surface area contributed by atoms with E-state index < -0.39 is 12.1 Å². The summed E-state index contributed by atoms with van der Waals surface area (Å²) >= 11 is 0. The summed E-state index contributed by atoms with van der Waals surface area (Å²) in [5.41, 5.74) is 0. The summed E-state index contributed by atoms with van der Waals surface area (Å²) in [5.74, 6) is -0.0338. The second-order valence-corrected chi connectivity index (χ2v) is 23.5. The maximum absolute atomic E-state index is 12.5. The predicted octanol–water partition coefficient (Wildman–Crippen LogP) is 22.1. The average molecular weight is 1080 g/mol. The minimum absolute atomic E-state index is 0.000894. The molecule has 0 heterocycles. The van der Waals surface area contributed by atoms with Crippen molar-refractivity contribution in [2.45, 2.75) is 379 Å². The molecule has 0 aliphatic rings. The summed E-state index contributed by atoms with van der Waals surface area (Å²) in [5, 5.41) is 23.3. The van der Waals surface area contributed by atoms with Gasteiger partial charge in [-0.25, -0.2) is 0 Å². The van der Waals surface area contributed by atoms with Crippen LogP contribution in [-0.4, -0.2) is 47.4 Å². The van der Waals surface area contributed by atoms with Crippen molar-refractivity contribution in [2.24, 2.45) is 0 Å². The van der Waals surface area contributed by atoms with Gasteiger partial charge in [-0.15, -0.1) is 0 Å². The first-order valence-corrected chi connectivity index (χ1v) is 34.4. The van der Waals surface area contributed by atoms with E-state index in [0.717, 1.165) is 57.8 Å². The lowest BCUT2D eigenvalue weighted by Gasteiger charge is -2.22. The largest absolute Gasteiger partial charge is 0.466 e. The highest BCUT2D eigenvalue weighted by Gasteiger charge is 2.20. The number of esters is 1. The smallest absolute Gasteiger partial charge is 0.305 e. The first-order chi connectivity index (χ1) is 38.0. The zero-order valence-electron chi connectivity index (χ0n) is 51.7. The molecule has 0 rings (SSSR count). The van der Waals surface area contributed by atoms with Crippen LogP contribution in [0.25, 0.3) is 0 Å². The van der Waals surface area contributed by atoms with E-state index in [2.05, 4.69) is 67.8 Å². The van der Waals surface area contributed by atoms with Crippen LogP contribution in [0, 0.1) is 0 Å². The maximum Gasteiger partial charge on any atom is 0.305 e. The molecule has 0 radical (unpaired) electrons. The van der Waals surface area contributed by atoms with E-state index in [1.165, 1.54) is 276 Å². The Hall–Kier alpha value is -2.18. The second-order valence-electron chi connectivity index (χ2n) is 23.5. The van der Waals surface area contributed by atoms with E-state index in [9.17, 15) is 19.8 Å². The lowest BCUT2D eigenvalue weighted by molar-refractivity contribution is -0.143. The van der Waals surface area contributed by atoms with Gasteiger partial charge < -0.3 is 20.3 Å². The van der Waals surface area contributed by atoms with E-state index >= 15 is 0 Å². The third kappa shape index (κ3) is 62.9. The molecule has 0 saturated heterocycles. The molecule has 0 aromatic carbocycles. The fraction of sp³-hybridized carbons (Fsp3) is 0.859. The van der Waals surface area contributed by atoms with Crippen molar-refractivity contribution in [3.8, 4) is 0 Å². The molecule has 0 aromatic heterocycles. The van der Waals surface area contributed by atoms with Gasteiger partial charge in [-0.05, 0) is 89.9 Å². The van der Waals surface area contributed by atoms with Gasteiger partial charge in [0, 0.05) is 12.8 Å². The van der Waals surface area contributed by atoms with Gasteiger partial charge in [0.15, 0.2) is 0 Å². The number of aliphatic hydroxyl groups is 2. The molecular formula is C71H133NO5. The van der Waals surface area contributed by atoms with Crippen LogP contribution in [-0.2, 0) is 14.3 Å². The topological polar surface area (TPSA) is 95.9 Å². The van der Waals surface area contributed by atoms with Crippen molar-refractivity contribution in [3.05, 3.63) is 48.6 Å². The molecule has 0 aliphatic heterocycles. The highest BCUT2D eigenvalue weighted by atomic mass is 16.5. The monoisotopic (exact) mass is 1080 g/mol. The zero-order valence-corrected chi connectivity index (χ0v) is 51.7. The number of rotatable bonds is 64. The third-order valence-electron chi connectivity index (χ3n) is 15.9. The fourth-order valence-corrected chi connectivity index (χ4v) is 10.6. The Morgan fingerprint density at radius 3 is 1.01 bits per heavy atom. The maximum atomic E-state index is 12.5. The lowest BCUT2D eigenvalue weighted by atomic mass is 10.0. The number of carbonyl (C=O) groups excluding carboxylic acids is 2. The molecule has 1 amide bonds. The van der Waals surface area contributed by atoms with Gasteiger partial charge in [-0.1, -0.05) is 313 Å². The fourth-order valence-electron chi connectivity index (χ4n) is 10.6. The van der Waals surface area contributed by atoms with Crippen LogP contribution in [0.15, 0.2) is 48.6 Å². The summed E-state index contributed by atoms with van der Waals surface area (Å²) in [4.78, 5) is 24.6. The van der Waals surface area contributed by atoms with Gasteiger partial charge in [-0.2, -0.15) is 0 Å². The van der Waals surface area contributed by atoms with Crippen LogP contribution in [0.1, 0.15) is 367 Å². The first kappa shape index (κ1) is 74.8. The normalized spacial score (nSPS) is 12.8. The predicted molar refractivity (Wildman–Crippen MR) is 338 cm³/mol. The molecule has 0 saturated carbocycles. The number of aliphatic hydroxyl groups excluding tert-OH is 2. The molecule has 0 fully saturated rings.